The molecule has 0 atom stereocenters. The molecule has 5 rings (SSSR count). The van der Waals surface area contributed by atoms with E-state index in [2.05, 4.69) is 25.4 Å². The van der Waals surface area contributed by atoms with E-state index < -0.39 is 5.92 Å². The maximum Gasteiger partial charge on any atom is 0.248 e. The monoisotopic (exact) mass is 399 g/mol. The highest BCUT2D eigenvalue weighted by molar-refractivity contribution is 5.84. The number of fused-ring (bicyclic) bond motifs is 2. The normalized spacial score (nSPS) is 17.1. The van der Waals surface area contributed by atoms with Crippen molar-refractivity contribution in [2.75, 3.05) is 12.4 Å². The molecule has 1 aliphatic rings. The maximum atomic E-state index is 13.4. The van der Waals surface area contributed by atoms with Gasteiger partial charge in [-0.25, -0.2) is 23.3 Å². The van der Waals surface area contributed by atoms with Crippen molar-refractivity contribution in [2.24, 2.45) is 0 Å². The number of aromatic nitrogens is 6. The van der Waals surface area contributed by atoms with Crippen molar-refractivity contribution in [2.45, 2.75) is 37.6 Å². The Bertz CT molecular complexity index is 1180. The summed E-state index contributed by atoms with van der Waals surface area (Å²) in [6, 6.07) is 1.83. The zero-order valence-corrected chi connectivity index (χ0v) is 15.7. The summed E-state index contributed by atoms with van der Waals surface area (Å²) in [5.74, 6) is -1.20. The average Bonchev–Trinajstić information content (AvgIpc) is 3.35. The van der Waals surface area contributed by atoms with Crippen molar-refractivity contribution in [3.05, 3.63) is 37.1 Å². The highest BCUT2D eigenvalue weighted by atomic mass is 19.3. The summed E-state index contributed by atoms with van der Waals surface area (Å²) in [5.41, 5.74) is 2.44. The highest BCUT2D eigenvalue weighted by Crippen LogP contribution is 2.35. The van der Waals surface area contributed by atoms with Crippen LogP contribution in [0.2, 0.25) is 0 Å². The predicted molar refractivity (Wildman–Crippen MR) is 102 cm³/mol. The van der Waals surface area contributed by atoms with Crippen LogP contribution in [0, 0.1) is 0 Å². The lowest BCUT2D eigenvalue weighted by molar-refractivity contribution is -0.0361. The molecule has 29 heavy (non-hydrogen) atoms. The molecule has 10 heteroatoms. The fourth-order valence-electron chi connectivity index (χ4n) is 3.75. The first-order valence-corrected chi connectivity index (χ1v) is 9.39. The fourth-order valence-corrected chi connectivity index (χ4v) is 3.75. The SMILES string of the molecule is COc1nc(NC2CCC(F)(F)CC2)nn2ccc(-c3cnc4nccn4c3)c12. The largest absolute Gasteiger partial charge is 0.479 e. The second kappa shape index (κ2) is 6.64. The summed E-state index contributed by atoms with van der Waals surface area (Å²) in [6.07, 6.45) is 9.51. The molecule has 0 aromatic carbocycles. The molecule has 1 aliphatic carbocycles. The van der Waals surface area contributed by atoms with Crippen LogP contribution >= 0.6 is 0 Å². The summed E-state index contributed by atoms with van der Waals surface area (Å²) in [4.78, 5) is 13.0. The third-order valence-electron chi connectivity index (χ3n) is 5.28. The van der Waals surface area contributed by atoms with Gasteiger partial charge in [-0.15, -0.1) is 5.10 Å². The zero-order valence-electron chi connectivity index (χ0n) is 15.7. The molecule has 0 radical (unpaired) electrons. The predicted octanol–water partition coefficient (Wildman–Crippen LogP) is 3.44. The van der Waals surface area contributed by atoms with Crippen LogP contribution in [-0.4, -0.2) is 48.0 Å². The Morgan fingerprint density at radius 2 is 2.03 bits per heavy atom. The molecular weight excluding hydrogens is 380 g/mol. The summed E-state index contributed by atoms with van der Waals surface area (Å²) in [7, 11) is 1.54. The van der Waals surface area contributed by atoms with Gasteiger partial charge < -0.3 is 10.1 Å². The third-order valence-corrected chi connectivity index (χ3v) is 5.28. The molecule has 150 valence electrons. The lowest BCUT2D eigenvalue weighted by Crippen LogP contribution is -2.32. The lowest BCUT2D eigenvalue weighted by atomic mass is 9.92. The van der Waals surface area contributed by atoms with Crippen molar-refractivity contribution < 1.29 is 13.5 Å². The zero-order chi connectivity index (χ0) is 20.0. The van der Waals surface area contributed by atoms with Gasteiger partial charge in [-0.3, -0.25) is 4.40 Å². The fraction of sp³-hybridized carbons (Fsp3) is 0.368. The number of hydrogen-bond acceptors (Lipinski definition) is 6. The van der Waals surface area contributed by atoms with E-state index in [4.69, 9.17) is 4.74 Å². The van der Waals surface area contributed by atoms with E-state index in [9.17, 15) is 8.78 Å². The number of methoxy groups -OCH3 is 1. The molecule has 8 nitrogen and oxygen atoms in total. The maximum absolute atomic E-state index is 13.4. The van der Waals surface area contributed by atoms with E-state index in [1.807, 2.05) is 29.1 Å². The van der Waals surface area contributed by atoms with Crippen LogP contribution in [0.1, 0.15) is 25.7 Å². The van der Waals surface area contributed by atoms with Gasteiger partial charge in [0.25, 0.3) is 0 Å². The number of alkyl halides is 2. The van der Waals surface area contributed by atoms with Crippen molar-refractivity contribution in [1.29, 1.82) is 0 Å². The van der Waals surface area contributed by atoms with Gasteiger partial charge in [-0.2, -0.15) is 4.98 Å². The van der Waals surface area contributed by atoms with Crippen LogP contribution in [0.15, 0.2) is 37.1 Å². The molecule has 0 spiro atoms. The molecule has 4 aromatic rings. The number of halogens is 2. The highest BCUT2D eigenvalue weighted by Gasteiger charge is 2.35. The van der Waals surface area contributed by atoms with Crippen molar-refractivity contribution in [3.8, 4) is 17.0 Å². The van der Waals surface area contributed by atoms with Gasteiger partial charge in [0.1, 0.15) is 5.52 Å². The minimum Gasteiger partial charge on any atom is -0.479 e. The van der Waals surface area contributed by atoms with Gasteiger partial charge >= 0.3 is 0 Å². The van der Waals surface area contributed by atoms with Crippen LogP contribution in [0.5, 0.6) is 5.88 Å². The Morgan fingerprint density at radius 1 is 1.21 bits per heavy atom. The first-order valence-electron chi connectivity index (χ1n) is 9.39. The van der Waals surface area contributed by atoms with Gasteiger partial charge in [0.2, 0.25) is 23.5 Å². The van der Waals surface area contributed by atoms with Crippen molar-refractivity contribution in [3.63, 3.8) is 0 Å². The molecular formula is C19H19F2N7O. The van der Waals surface area contributed by atoms with Crippen molar-refractivity contribution >= 4 is 17.2 Å². The molecule has 1 saturated carbocycles. The molecule has 4 heterocycles. The first-order chi connectivity index (χ1) is 14.0. The number of ether oxygens (including phenoxy) is 1. The topological polar surface area (TPSA) is 81.6 Å². The second-order valence-electron chi connectivity index (χ2n) is 7.22. The molecule has 1 N–H and O–H groups in total. The Kier molecular flexibility index (Phi) is 4.07. The molecule has 1 fully saturated rings. The number of imidazole rings is 1. The number of hydrogen-bond donors (Lipinski definition) is 1. The van der Waals surface area contributed by atoms with Crippen LogP contribution in [0.25, 0.3) is 22.4 Å². The van der Waals surface area contributed by atoms with E-state index in [1.165, 1.54) is 0 Å². The Labute approximate surface area is 164 Å². The Balaban J connectivity index is 1.49. The number of anilines is 1. The number of rotatable bonds is 4. The van der Waals surface area contributed by atoms with E-state index in [0.717, 1.165) is 11.1 Å². The Morgan fingerprint density at radius 3 is 2.83 bits per heavy atom. The molecule has 0 bridgehead atoms. The number of nitrogens with zero attached hydrogens (tertiary/aromatic N) is 6. The summed E-state index contributed by atoms with van der Waals surface area (Å²) < 4.78 is 35.8. The third kappa shape index (κ3) is 3.24. The minimum atomic E-state index is -2.57. The first kappa shape index (κ1) is 17.8. The minimum absolute atomic E-state index is 0.0836. The smallest absolute Gasteiger partial charge is 0.248 e. The molecule has 0 amide bonds. The van der Waals surface area contributed by atoms with Crippen LogP contribution in [0.3, 0.4) is 0 Å². The van der Waals surface area contributed by atoms with Gasteiger partial charge in [0.15, 0.2) is 0 Å². The van der Waals surface area contributed by atoms with E-state index >= 15 is 0 Å². The summed E-state index contributed by atoms with van der Waals surface area (Å²) in [5, 5.41) is 7.67. The second-order valence-corrected chi connectivity index (χ2v) is 7.22. The van der Waals surface area contributed by atoms with Crippen molar-refractivity contribution in [1.82, 2.24) is 29.0 Å². The molecule has 0 unspecified atom stereocenters. The van der Waals surface area contributed by atoms with Crippen LogP contribution < -0.4 is 10.1 Å². The van der Waals surface area contributed by atoms with E-state index in [0.29, 0.717) is 36.0 Å². The summed E-state index contributed by atoms with van der Waals surface area (Å²) >= 11 is 0. The molecule has 0 saturated heterocycles. The molecule has 0 aliphatic heterocycles. The number of nitrogens with one attached hydrogen (secondary N) is 1. The van der Waals surface area contributed by atoms with E-state index in [-0.39, 0.29) is 18.9 Å². The average molecular weight is 399 g/mol. The van der Waals surface area contributed by atoms with Crippen LogP contribution in [-0.2, 0) is 0 Å². The lowest BCUT2D eigenvalue weighted by Gasteiger charge is -2.28. The van der Waals surface area contributed by atoms with Gasteiger partial charge in [0, 0.05) is 61.0 Å². The Hall–Kier alpha value is -3.30. The summed E-state index contributed by atoms with van der Waals surface area (Å²) in [6.45, 7) is 0. The van der Waals surface area contributed by atoms with Gasteiger partial charge in [-0.1, -0.05) is 0 Å². The quantitative estimate of drug-likeness (QED) is 0.566. The van der Waals surface area contributed by atoms with Gasteiger partial charge in [-0.05, 0) is 18.9 Å². The van der Waals surface area contributed by atoms with Gasteiger partial charge in [0.05, 0.1) is 7.11 Å². The standard InChI is InChI=1S/C19H19F2N7O/c1-29-16-15-14(12-10-23-18-22-7-9-27(18)11-12)4-8-28(15)26-17(25-16)24-13-2-5-19(20,21)6-3-13/h4,7-11,13H,2-3,5-6H2,1H3,(H,24,26). The van der Waals surface area contributed by atoms with E-state index in [1.54, 1.807) is 24.0 Å². The van der Waals surface area contributed by atoms with Crippen LogP contribution in [0.4, 0.5) is 14.7 Å². The molecule has 4 aromatic heterocycles.